The van der Waals surface area contributed by atoms with E-state index in [4.69, 9.17) is 9.47 Å². The first-order valence-electron chi connectivity index (χ1n) is 5.59. The van der Waals surface area contributed by atoms with Crippen LogP contribution in [0.15, 0.2) is 0 Å². The predicted octanol–water partition coefficient (Wildman–Crippen LogP) is 2.97. The molecule has 0 aromatic heterocycles. The van der Waals surface area contributed by atoms with E-state index in [9.17, 15) is 0 Å². The fraction of sp³-hybridized carbons (Fsp3) is 1.00. The van der Waals surface area contributed by atoms with Crippen molar-refractivity contribution < 1.29 is 9.47 Å². The van der Waals surface area contributed by atoms with Gasteiger partial charge >= 0.3 is 0 Å². The Morgan fingerprint density at radius 3 is 2.23 bits per heavy atom. The highest BCUT2D eigenvalue weighted by Crippen LogP contribution is 2.39. The minimum atomic E-state index is -0.155. The summed E-state index contributed by atoms with van der Waals surface area (Å²) in [5.74, 6) is 0.630. The maximum Gasteiger partial charge on any atom is 0.168 e. The summed E-state index contributed by atoms with van der Waals surface area (Å²) in [5, 5.41) is 0. The molecule has 13 heavy (non-hydrogen) atoms. The van der Waals surface area contributed by atoms with Crippen molar-refractivity contribution in [1.82, 2.24) is 0 Å². The lowest BCUT2D eigenvalue weighted by Gasteiger charge is -2.33. The monoisotopic (exact) mass is 186 g/mol. The van der Waals surface area contributed by atoms with Crippen LogP contribution in [0.5, 0.6) is 0 Å². The first kappa shape index (κ1) is 11.0. The van der Waals surface area contributed by atoms with E-state index in [0.29, 0.717) is 0 Å². The third-order valence-electron chi connectivity index (χ3n) is 2.70. The fourth-order valence-electron chi connectivity index (χ4n) is 2.08. The van der Waals surface area contributed by atoms with E-state index in [0.717, 1.165) is 38.4 Å². The average Bonchev–Trinajstić information content (AvgIpc) is 2.52. The Labute approximate surface area is 81.6 Å². The predicted molar refractivity (Wildman–Crippen MR) is 53.6 cm³/mol. The second-order valence-corrected chi connectivity index (χ2v) is 3.81. The molecule has 2 rings (SSSR count). The first-order valence-corrected chi connectivity index (χ1v) is 5.59. The molecule has 0 radical (unpaired) electrons. The molecule has 1 saturated carbocycles. The second-order valence-electron chi connectivity index (χ2n) is 3.81. The van der Waals surface area contributed by atoms with Gasteiger partial charge in [0, 0.05) is 12.8 Å². The Hall–Kier alpha value is -0.0800. The zero-order valence-corrected chi connectivity index (χ0v) is 9.14. The molecule has 2 heteroatoms. The van der Waals surface area contributed by atoms with Crippen LogP contribution >= 0.6 is 0 Å². The molecule has 1 aliphatic carbocycles. The molecule has 0 aromatic rings. The quantitative estimate of drug-likeness (QED) is 0.579. The van der Waals surface area contributed by atoms with Gasteiger partial charge in [-0.15, -0.1) is 0 Å². The molecule has 0 aromatic carbocycles. The normalized spacial score (nSPS) is 31.2. The Morgan fingerprint density at radius 1 is 1.15 bits per heavy atom. The van der Waals surface area contributed by atoms with Crippen LogP contribution in [0.1, 0.15) is 46.5 Å². The van der Waals surface area contributed by atoms with Crippen LogP contribution in [-0.2, 0) is 9.47 Å². The number of rotatable bonds is 0. The minimum Gasteiger partial charge on any atom is -0.350 e. The minimum absolute atomic E-state index is 0.155. The molecule has 78 valence electrons. The van der Waals surface area contributed by atoms with E-state index in [1.807, 2.05) is 13.8 Å². The summed E-state index contributed by atoms with van der Waals surface area (Å²) in [6.07, 6.45) is 4.54. The molecule has 1 unspecified atom stereocenters. The summed E-state index contributed by atoms with van der Waals surface area (Å²) in [4.78, 5) is 0. The molecule has 1 spiro atoms. The number of ether oxygens (including phenoxy) is 2. The molecule has 1 saturated heterocycles. The van der Waals surface area contributed by atoms with Gasteiger partial charge in [0.05, 0.1) is 13.2 Å². The topological polar surface area (TPSA) is 18.5 Å². The molecule has 2 fully saturated rings. The molecule has 0 amide bonds. The Bertz CT molecular complexity index is 134. The van der Waals surface area contributed by atoms with Gasteiger partial charge in [-0.05, 0) is 18.8 Å². The zero-order valence-electron chi connectivity index (χ0n) is 9.14. The van der Waals surface area contributed by atoms with Crippen LogP contribution in [-0.4, -0.2) is 19.0 Å². The molecular weight excluding hydrogens is 164 g/mol. The third-order valence-corrected chi connectivity index (χ3v) is 2.70. The van der Waals surface area contributed by atoms with E-state index >= 15 is 0 Å². The van der Waals surface area contributed by atoms with E-state index < -0.39 is 0 Å². The Balaban J connectivity index is 0.000000396. The maximum absolute atomic E-state index is 5.67. The molecule has 0 bridgehead atoms. The highest BCUT2D eigenvalue weighted by Gasteiger charge is 2.40. The van der Waals surface area contributed by atoms with Gasteiger partial charge in [-0.1, -0.05) is 20.8 Å². The van der Waals surface area contributed by atoms with Crippen molar-refractivity contribution >= 4 is 0 Å². The van der Waals surface area contributed by atoms with Crippen molar-refractivity contribution in [2.45, 2.75) is 52.2 Å². The number of hydrogen-bond donors (Lipinski definition) is 0. The SMILES string of the molecule is CC.CC1CCC2(C1)OCCCO2. The highest BCUT2D eigenvalue weighted by molar-refractivity contribution is 4.83. The lowest BCUT2D eigenvalue weighted by molar-refractivity contribution is -0.263. The molecule has 2 aliphatic rings. The molecular formula is C11H22O2. The zero-order chi connectivity index (χ0) is 9.73. The van der Waals surface area contributed by atoms with Gasteiger partial charge in [-0.2, -0.15) is 0 Å². The van der Waals surface area contributed by atoms with Crippen LogP contribution in [0.4, 0.5) is 0 Å². The maximum atomic E-state index is 5.67. The fourth-order valence-corrected chi connectivity index (χ4v) is 2.08. The number of hydrogen-bond acceptors (Lipinski definition) is 2. The summed E-state index contributed by atoms with van der Waals surface area (Å²) in [6.45, 7) is 8.06. The van der Waals surface area contributed by atoms with Crippen LogP contribution < -0.4 is 0 Å². The van der Waals surface area contributed by atoms with Gasteiger partial charge in [0.15, 0.2) is 5.79 Å². The van der Waals surface area contributed by atoms with Crippen LogP contribution in [0.2, 0.25) is 0 Å². The van der Waals surface area contributed by atoms with Gasteiger partial charge in [-0.25, -0.2) is 0 Å². The van der Waals surface area contributed by atoms with Gasteiger partial charge in [-0.3, -0.25) is 0 Å². The van der Waals surface area contributed by atoms with E-state index in [-0.39, 0.29) is 5.79 Å². The lowest BCUT2D eigenvalue weighted by atomic mass is 10.1. The van der Waals surface area contributed by atoms with E-state index in [1.54, 1.807) is 0 Å². The largest absolute Gasteiger partial charge is 0.350 e. The first-order chi connectivity index (χ1) is 6.31. The van der Waals surface area contributed by atoms with Crippen LogP contribution in [0.25, 0.3) is 0 Å². The molecule has 1 atom stereocenters. The lowest BCUT2D eigenvalue weighted by Crippen LogP contribution is -2.37. The second kappa shape index (κ2) is 4.97. The average molecular weight is 186 g/mol. The smallest absolute Gasteiger partial charge is 0.168 e. The van der Waals surface area contributed by atoms with Gasteiger partial charge in [0.1, 0.15) is 0 Å². The summed E-state index contributed by atoms with van der Waals surface area (Å²) in [7, 11) is 0. The van der Waals surface area contributed by atoms with Crippen molar-refractivity contribution in [2.24, 2.45) is 5.92 Å². The Morgan fingerprint density at radius 2 is 1.77 bits per heavy atom. The van der Waals surface area contributed by atoms with Crippen LogP contribution in [0.3, 0.4) is 0 Å². The third kappa shape index (κ3) is 2.68. The summed E-state index contributed by atoms with van der Waals surface area (Å²) in [6, 6.07) is 0. The van der Waals surface area contributed by atoms with Crippen molar-refractivity contribution in [3.63, 3.8) is 0 Å². The highest BCUT2D eigenvalue weighted by atomic mass is 16.7. The Kier molecular flexibility index (Phi) is 4.20. The molecule has 0 N–H and O–H groups in total. The van der Waals surface area contributed by atoms with Crippen molar-refractivity contribution in [2.75, 3.05) is 13.2 Å². The van der Waals surface area contributed by atoms with Gasteiger partial charge in [0.2, 0.25) is 0 Å². The van der Waals surface area contributed by atoms with Crippen molar-refractivity contribution in [1.29, 1.82) is 0 Å². The molecule has 2 nitrogen and oxygen atoms in total. The van der Waals surface area contributed by atoms with Gasteiger partial charge < -0.3 is 9.47 Å². The standard InChI is InChI=1S/C9H16O2.C2H6/c1-8-3-4-9(7-8)10-5-2-6-11-9;1-2/h8H,2-7H2,1H3;1-2H3. The van der Waals surface area contributed by atoms with E-state index in [1.165, 1.54) is 6.42 Å². The van der Waals surface area contributed by atoms with Crippen molar-refractivity contribution in [3.8, 4) is 0 Å². The van der Waals surface area contributed by atoms with Crippen LogP contribution in [0, 0.1) is 5.92 Å². The summed E-state index contributed by atoms with van der Waals surface area (Å²) in [5.41, 5.74) is 0. The summed E-state index contributed by atoms with van der Waals surface area (Å²) >= 11 is 0. The summed E-state index contributed by atoms with van der Waals surface area (Å²) < 4.78 is 11.3. The van der Waals surface area contributed by atoms with Crippen molar-refractivity contribution in [3.05, 3.63) is 0 Å². The molecule has 1 aliphatic heterocycles. The van der Waals surface area contributed by atoms with Gasteiger partial charge in [0.25, 0.3) is 0 Å². The molecule has 1 heterocycles. The van der Waals surface area contributed by atoms with E-state index in [2.05, 4.69) is 6.92 Å².